The Morgan fingerprint density at radius 1 is 1.00 bits per heavy atom. The third kappa shape index (κ3) is 2.05. The van der Waals surface area contributed by atoms with Gasteiger partial charge in [0.15, 0.2) is 0 Å². The first-order chi connectivity index (χ1) is 7.31. The van der Waals surface area contributed by atoms with Crippen LogP contribution in [0.15, 0.2) is 0 Å². The molecule has 0 unspecified atom stereocenters. The predicted molar refractivity (Wildman–Crippen MR) is 61.4 cm³/mol. The summed E-state index contributed by atoms with van der Waals surface area (Å²) in [5.74, 6) is 2.05. The summed E-state index contributed by atoms with van der Waals surface area (Å²) in [4.78, 5) is 2.42. The van der Waals surface area contributed by atoms with E-state index in [1.165, 1.54) is 51.9 Å². The lowest BCUT2D eigenvalue weighted by atomic mass is 9.96. The van der Waals surface area contributed by atoms with Crippen LogP contribution < -0.4 is 5.43 Å². The van der Waals surface area contributed by atoms with E-state index in [4.69, 9.17) is 0 Å². The largest absolute Gasteiger partial charge is 0.304 e. The second-order valence-electron chi connectivity index (χ2n) is 5.70. The van der Waals surface area contributed by atoms with E-state index in [0.717, 1.165) is 17.9 Å². The summed E-state index contributed by atoms with van der Waals surface area (Å²) in [5, 5.41) is 2.46. The molecule has 0 radical (unpaired) electrons. The van der Waals surface area contributed by atoms with Crippen molar-refractivity contribution >= 4 is 0 Å². The van der Waals surface area contributed by atoms with Gasteiger partial charge < -0.3 is 4.90 Å². The SMILES string of the molecule is CN1CCN(N[C@@H]2C[C@H]3CC[C@@H]2C3)CC1. The van der Waals surface area contributed by atoms with Gasteiger partial charge in [0.05, 0.1) is 0 Å². The average molecular weight is 209 g/mol. The van der Waals surface area contributed by atoms with Gasteiger partial charge in [-0.05, 0) is 38.1 Å². The maximum Gasteiger partial charge on any atom is 0.0259 e. The Kier molecular flexibility index (Phi) is 2.71. The van der Waals surface area contributed by atoms with Crippen molar-refractivity contribution in [3.63, 3.8) is 0 Å². The van der Waals surface area contributed by atoms with Gasteiger partial charge in [-0.25, -0.2) is 5.01 Å². The van der Waals surface area contributed by atoms with Gasteiger partial charge in [0, 0.05) is 32.2 Å². The summed E-state index contributed by atoms with van der Waals surface area (Å²) in [6.45, 7) is 4.83. The second kappa shape index (κ2) is 4.04. The molecule has 1 heterocycles. The Morgan fingerprint density at radius 2 is 1.80 bits per heavy atom. The molecular weight excluding hydrogens is 186 g/mol. The lowest BCUT2D eigenvalue weighted by Crippen LogP contribution is -2.54. The Labute approximate surface area is 92.8 Å². The molecule has 0 aromatic heterocycles. The molecule has 3 fully saturated rings. The number of nitrogens with one attached hydrogen (secondary N) is 1. The van der Waals surface area contributed by atoms with Crippen LogP contribution in [0, 0.1) is 11.8 Å². The Balaban J connectivity index is 1.49. The highest BCUT2D eigenvalue weighted by Gasteiger charge is 2.40. The number of hydrogen-bond donors (Lipinski definition) is 1. The van der Waals surface area contributed by atoms with Crippen LogP contribution in [-0.4, -0.2) is 49.2 Å². The van der Waals surface area contributed by atoms with Crippen molar-refractivity contribution in [1.29, 1.82) is 0 Å². The monoisotopic (exact) mass is 209 g/mol. The fourth-order valence-corrected chi connectivity index (χ4v) is 3.57. The van der Waals surface area contributed by atoms with Crippen LogP contribution in [0.3, 0.4) is 0 Å². The maximum absolute atomic E-state index is 3.78. The minimum absolute atomic E-state index is 0.812. The fraction of sp³-hybridized carbons (Fsp3) is 1.00. The van der Waals surface area contributed by atoms with Crippen molar-refractivity contribution < 1.29 is 0 Å². The quantitative estimate of drug-likeness (QED) is 0.730. The number of fused-ring (bicyclic) bond motifs is 2. The topological polar surface area (TPSA) is 18.5 Å². The van der Waals surface area contributed by atoms with E-state index < -0.39 is 0 Å². The van der Waals surface area contributed by atoms with E-state index in [2.05, 4.69) is 22.4 Å². The fourth-order valence-electron chi connectivity index (χ4n) is 3.57. The normalized spacial score (nSPS) is 42.6. The highest BCUT2D eigenvalue weighted by Crippen LogP contribution is 2.44. The zero-order chi connectivity index (χ0) is 10.3. The van der Waals surface area contributed by atoms with E-state index in [0.29, 0.717) is 0 Å². The second-order valence-corrected chi connectivity index (χ2v) is 5.70. The van der Waals surface area contributed by atoms with Crippen LogP contribution >= 0.6 is 0 Å². The molecule has 2 aliphatic carbocycles. The highest BCUT2D eigenvalue weighted by atomic mass is 15.5. The molecular formula is C12H23N3. The Bertz CT molecular complexity index is 223. The van der Waals surface area contributed by atoms with Gasteiger partial charge in [0.2, 0.25) is 0 Å². The van der Waals surface area contributed by atoms with Gasteiger partial charge in [0.25, 0.3) is 0 Å². The number of piperazine rings is 1. The van der Waals surface area contributed by atoms with E-state index in [-0.39, 0.29) is 0 Å². The molecule has 3 aliphatic rings. The van der Waals surface area contributed by atoms with Gasteiger partial charge in [-0.3, -0.25) is 5.43 Å². The molecule has 0 amide bonds. The first kappa shape index (κ1) is 10.1. The van der Waals surface area contributed by atoms with Crippen LogP contribution in [0.25, 0.3) is 0 Å². The van der Waals surface area contributed by atoms with Crippen LogP contribution in [-0.2, 0) is 0 Å². The minimum Gasteiger partial charge on any atom is -0.304 e. The summed E-state index contributed by atoms with van der Waals surface area (Å²) in [6, 6.07) is 0.812. The van der Waals surface area contributed by atoms with Crippen molar-refractivity contribution in [1.82, 2.24) is 15.3 Å². The third-order valence-corrected chi connectivity index (χ3v) is 4.59. The van der Waals surface area contributed by atoms with Crippen molar-refractivity contribution in [3.05, 3.63) is 0 Å². The molecule has 1 saturated heterocycles. The van der Waals surface area contributed by atoms with Crippen LogP contribution in [0.4, 0.5) is 0 Å². The van der Waals surface area contributed by atoms with Crippen molar-refractivity contribution in [2.45, 2.75) is 31.7 Å². The summed E-state index contributed by atoms with van der Waals surface area (Å²) in [7, 11) is 2.22. The smallest absolute Gasteiger partial charge is 0.0259 e. The van der Waals surface area contributed by atoms with Gasteiger partial charge >= 0.3 is 0 Å². The molecule has 3 atom stereocenters. The van der Waals surface area contributed by atoms with E-state index in [9.17, 15) is 0 Å². The zero-order valence-corrected chi connectivity index (χ0v) is 9.78. The predicted octanol–water partition coefficient (Wildman–Crippen LogP) is 0.927. The molecule has 1 aliphatic heterocycles. The maximum atomic E-state index is 3.78. The van der Waals surface area contributed by atoms with Crippen molar-refractivity contribution in [2.75, 3.05) is 33.2 Å². The van der Waals surface area contributed by atoms with Gasteiger partial charge in [0.1, 0.15) is 0 Å². The molecule has 0 spiro atoms. The molecule has 3 nitrogen and oxygen atoms in total. The number of likely N-dealkylation sites (N-methyl/N-ethyl adjacent to an activating group) is 1. The van der Waals surface area contributed by atoms with Gasteiger partial charge in [-0.15, -0.1) is 0 Å². The lowest BCUT2D eigenvalue weighted by molar-refractivity contribution is 0.0740. The number of hydrazine groups is 1. The summed E-state index contributed by atoms with van der Waals surface area (Å²) < 4.78 is 0. The summed E-state index contributed by atoms with van der Waals surface area (Å²) >= 11 is 0. The average Bonchev–Trinajstić information content (AvgIpc) is 2.83. The number of nitrogens with zero attached hydrogens (tertiary/aromatic N) is 2. The van der Waals surface area contributed by atoms with Crippen LogP contribution in [0.2, 0.25) is 0 Å². The van der Waals surface area contributed by atoms with Crippen molar-refractivity contribution in [2.24, 2.45) is 11.8 Å². The van der Waals surface area contributed by atoms with E-state index in [1.807, 2.05) is 0 Å². The van der Waals surface area contributed by atoms with Gasteiger partial charge in [-0.2, -0.15) is 0 Å². The standard InChI is InChI=1S/C12H23N3/c1-14-4-6-15(7-5-14)13-12-9-10-2-3-11(12)8-10/h10-13H,2-9H2,1H3/t10-,11+,12+/m0/s1. The lowest BCUT2D eigenvalue weighted by Gasteiger charge is -2.36. The molecule has 3 heteroatoms. The minimum atomic E-state index is 0.812. The molecule has 0 aromatic carbocycles. The molecule has 3 rings (SSSR count). The first-order valence-electron chi connectivity index (χ1n) is 6.51. The molecule has 2 bridgehead atoms. The molecule has 86 valence electrons. The summed E-state index contributed by atoms with van der Waals surface area (Å²) in [6.07, 6.45) is 5.93. The molecule has 15 heavy (non-hydrogen) atoms. The molecule has 2 saturated carbocycles. The number of hydrogen-bond acceptors (Lipinski definition) is 3. The van der Waals surface area contributed by atoms with E-state index in [1.54, 1.807) is 0 Å². The molecule has 0 aromatic rings. The van der Waals surface area contributed by atoms with E-state index >= 15 is 0 Å². The zero-order valence-electron chi connectivity index (χ0n) is 9.78. The van der Waals surface area contributed by atoms with Crippen LogP contribution in [0.1, 0.15) is 25.7 Å². The van der Waals surface area contributed by atoms with Gasteiger partial charge in [-0.1, -0.05) is 6.42 Å². The Hall–Kier alpha value is -0.120. The Morgan fingerprint density at radius 3 is 2.40 bits per heavy atom. The van der Waals surface area contributed by atoms with Crippen LogP contribution in [0.5, 0.6) is 0 Å². The van der Waals surface area contributed by atoms with Crippen molar-refractivity contribution in [3.8, 4) is 0 Å². The first-order valence-corrected chi connectivity index (χ1v) is 6.51. The third-order valence-electron chi connectivity index (χ3n) is 4.59. The molecule has 1 N–H and O–H groups in total. The highest BCUT2D eigenvalue weighted by molar-refractivity contribution is 4.93. The number of rotatable bonds is 2. The summed E-state index contributed by atoms with van der Waals surface area (Å²) in [5.41, 5.74) is 3.78.